The van der Waals surface area contributed by atoms with Gasteiger partial charge >= 0.3 is 6.18 Å². The molecular weight excluding hydrogens is 267 g/mol. The Labute approximate surface area is 106 Å². The molecule has 0 radical (unpaired) electrons. The van der Waals surface area contributed by atoms with Gasteiger partial charge in [-0.1, -0.05) is 17.7 Å². The van der Waals surface area contributed by atoms with E-state index in [4.69, 9.17) is 11.6 Å². The molecule has 0 heterocycles. The third kappa shape index (κ3) is 2.16. The van der Waals surface area contributed by atoms with Crippen molar-refractivity contribution in [1.82, 2.24) is 0 Å². The first-order valence-corrected chi connectivity index (χ1v) is 5.73. The molecule has 2 nitrogen and oxygen atoms in total. The average Bonchev–Trinajstić information content (AvgIpc) is 2.22. The minimum absolute atomic E-state index is 0.00833. The molecule has 0 bridgehead atoms. The molecule has 0 unspecified atom stereocenters. The SMILES string of the molecule is O=C=NC1(c2ccc(Cl)cc2C(F)(F)F)CCC1. The van der Waals surface area contributed by atoms with Crippen LogP contribution in [0, 0.1) is 0 Å². The second kappa shape index (κ2) is 4.41. The van der Waals surface area contributed by atoms with Gasteiger partial charge in [0.2, 0.25) is 6.08 Å². The lowest BCUT2D eigenvalue weighted by atomic mass is 9.71. The summed E-state index contributed by atoms with van der Waals surface area (Å²) in [4.78, 5) is 14.0. The van der Waals surface area contributed by atoms with Gasteiger partial charge in [0.25, 0.3) is 0 Å². The molecule has 1 aromatic rings. The number of hydrogen-bond donors (Lipinski definition) is 0. The zero-order valence-electron chi connectivity index (χ0n) is 9.22. The van der Waals surface area contributed by atoms with Crippen LogP contribution >= 0.6 is 11.6 Å². The van der Waals surface area contributed by atoms with Crippen molar-refractivity contribution in [2.75, 3.05) is 0 Å². The van der Waals surface area contributed by atoms with E-state index in [1.807, 2.05) is 0 Å². The Morgan fingerprint density at radius 3 is 2.44 bits per heavy atom. The molecule has 18 heavy (non-hydrogen) atoms. The zero-order valence-corrected chi connectivity index (χ0v) is 9.98. The van der Waals surface area contributed by atoms with Crippen LogP contribution in [-0.4, -0.2) is 6.08 Å². The molecule has 0 spiro atoms. The van der Waals surface area contributed by atoms with Crippen molar-refractivity contribution in [3.8, 4) is 0 Å². The van der Waals surface area contributed by atoms with E-state index < -0.39 is 17.3 Å². The lowest BCUT2D eigenvalue weighted by Gasteiger charge is -2.38. The number of rotatable bonds is 2. The molecule has 6 heteroatoms. The number of halogens is 4. The lowest BCUT2D eigenvalue weighted by Crippen LogP contribution is -2.34. The fraction of sp³-hybridized carbons (Fsp3) is 0.417. The predicted octanol–water partition coefficient (Wildman–Crippen LogP) is 4.07. The Kier molecular flexibility index (Phi) is 3.21. The van der Waals surface area contributed by atoms with Crippen molar-refractivity contribution < 1.29 is 18.0 Å². The maximum Gasteiger partial charge on any atom is 0.416 e. The van der Waals surface area contributed by atoms with E-state index in [9.17, 15) is 18.0 Å². The van der Waals surface area contributed by atoms with Crippen LogP contribution in [0.5, 0.6) is 0 Å². The maximum absolute atomic E-state index is 13.0. The number of isocyanates is 1. The van der Waals surface area contributed by atoms with Crippen LogP contribution in [0.25, 0.3) is 0 Å². The molecule has 2 rings (SSSR count). The number of benzene rings is 1. The first-order valence-electron chi connectivity index (χ1n) is 5.35. The standard InChI is InChI=1S/C12H9ClF3NO/c13-8-2-3-9(10(6-8)12(14,15)16)11(17-7-18)4-1-5-11/h2-3,6H,1,4-5H2. The van der Waals surface area contributed by atoms with E-state index in [-0.39, 0.29) is 10.6 Å². The Morgan fingerprint density at radius 1 is 1.33 bits per heavy atom. The highest BCUT2D eigenvalue weighted by atomic mass is 35.5. The summed E-state index contributed by atoms with van der Waals surface area (Å²) < 4.78 is 38.9. The molecule has 0 N–H and O–H groups in total. The molecule has 1 aliphatic rings. The Balaban J connectivity index is 2.60. The average molecular weight is 276 g/mol. The summed E-state index contributed by atoms with van der Waals surface area (Å²) in [6.07, 6.45) is -1.55. The van der Waals surface area contributed by atoms with Crippen molar-refractivity contribution in [2.45, 2.75) is 31.0 Å². The molecule has 0 atom stereocenters. The molecule has 1 fully saturated rings. The number of alkyl halides is 3. The normalized spacial score (nSPS) is 17.8. The topological polar surface area (TPSA) is 29.4 Å². The number of carbonyl (C=O) groups excluding carboxylic acids is 1. The van der Waals surface area contributed by atoms with E-state index in [1.165, 1.54) is 18.2 Å². The summed E-state index contributed by atoms with van der Waals surface area (Å²) in [6.45, 7) is 0. The largest absolute Gasteiger partial charge is 0.416 e. The van der Waals surface area contributed by atoms with Gasteiger partial charge in [0.1, 0.15) is 0 Å². The maximum atomic E-state index is 13.0. The zero-order chi connectivity index (χ0) is 13.4. The van der Waals surface area contributed by atoms with Gasteiger partial charge in [-0.25, -0.2) is 4.79 Å². The van der Waals surface area contributed by atoms with Crippen LogP contribution in [0.3, 0.4) is 0 Å². The Bertz CT molecular complexity index is 517. The highest BCUT2D eigenvalue weighted by molar-refractivity contribution is 6.30. The summed E-state index contributed by atoms with van der Waals surface area (Å²) in [5.74, 6) is 0. The van der Waals surface area contributed by atoms with Crippen molar-refractivity contribution in [2.24, 2.45) is 4.99 Å². The van der Waals surface area contributed by atoms with Crippen LogP contribution in [0.15, 0.2) is 23.2 Å². The van der Waals surface area contributed by atoms with Crippen LogP contribution in [0.2, 0.25) is 5.02 Å². The van der Waals surface area contributed by atoms with Crippen LogP contribution in [0.4, 0.5) is 13.2 Å². The van der Waals surface area contributed by atoms with Gasteiger partial charge < -0.3 is 0 Å². The molecule has 96 valence electrons. The lowest BCUT2D eigenvalue weighted by molar-refractivity contribution is -0.139. The van der Waals surface area contributed by atoms with E-state index in [0.717, 1.165) is 12.5 Å². The van der Waals surface area contributed by atoms with E-state index in [0.29, 0.717) is 12.8 Å². The summed E-state index contributed by atoms with van der Waals surface area (Å²) in [5, 5.41) is 0.00984. The summed E-state index contributed by atoms with van der Waals surface area (Å²) in [7, 11) is 0. The van der Waals surface area contributed by atoms with E-state index in [1.54, 1.807) is 0 Å². The smallest absolute Gasteiger partial charge is 0.211 e. The Hall–Kier alpha value is -1.32. The minimum atomic E-state index is -4.51. The molecule has 0 aromatic heterocycles. The molecule has 0 aliphatic heterocycles. The first kappa shape index (κ1) is 13.1. The fourth-order valence-electron chi connectivity index (χ4n) is 2.20. The minimum Gasteiger partial charge on any atom is -0.211 e. The monoisotopic (exact) mass is 275 g/mol. The van der Waals surface area contributed by atoms with Gasteiger partial charge in [-0.2, -0.15) is 18.2 Å². The van der Waals surface area contributed by atoms with Crippen LogP contribution < -0.4 is 0 Å². The highest BCUT2D eigenvalue weighted by Gasteiger charge is 2.45. The first-order chi connectivity index (χ1) is 8.39. The van der Waals surface area contributed by atoms with Crippen molar-refractivity contribution in [1.29, 1.82) is 0 Å². The van der Waals surface area contributed by atoms with Gasteiger partial charge in [-0.15, -0.1) is 0 Å². The van der Waals surface area contributed by atoms with Crippen molar-refractivity contribution >= 4 is 17.7 Å². The number of hydrogen-bond acceptors (Lipinski definition) is 2. The van der Waals surface area contributed by atoms with Gasteiger partial charge in [0, 0.05) is 5.02 Å². The number of aliphatic imine (C=N–C) groups is 1. The van der Waals surface area contributed by atoms with Gasteiger partial charge in [-0.3, -0.25) is 0 Å². The third-order valence-corrected chi connectivity index (χ3v) is 3.46. The molecule has 1 saturated carbocycles. The van der Waals surface area contributed by atoms with Crippen LogP contribution in [0.1, 0.15) is 30.4 Å². The van der Waals surface area contributed by atoms with Gasteiger partial charge in [0.05, 0.1) is 11.1 Å². The van der Waals surface area contributed by atoms with Gasteiger partial charge in [0.15, 0.2) is 0 Å². The van der Waals surface area contributed by atoms with Gasteiger partial charge in [-0.05, 0) is 37.0 Å². The molecule has 0 amide bonds. The summed E-state index contributed by atoms with van der Waals surface area (Å²) in [5.41, 5.74) is -1.89. The molecule has 1 aliphatic carbocycles. The summed E-state index contributed by atoms with van der Waals surface area (Å²) >= 11 is 5.60. The quantitative estimate of drug-likeness (QED) is 0.591. The van der Waals surface area contributed by atoms with Crippen molar-refractivity contribution in [3.05, 3.63) is 34.3 Å². The second-order valence-electron chi connectivity index (χ2n) is 4.28. The van der Waals surface area contributed by atoms with E-state index in [2.05, 4.69) is 4.99 Å². The van der Waals surface area contributed by atoms with Crippen LogP contribution in [-0.2, 0) is 16.5 Å². The molecule has 1 aromatic carbocycles. The number of nitrogens with zero attached hydrogens (tertiary/aromatic N) is 1. The summed E-state index contributed by atoms with van der Waals surface area (Å²) in [6, 6.07) is 3.55. The Morgan fingerprint density at radius 2 is 2.00 bits per heavy atom. The molecular formula is C12H9ClF3NO. The van der Waals surface area contributed by atoms with E-state index >= 15 is 0 Å². The van der Waals surface area contributed by atoms with Crippen molar-refractivity contribution in [3.63, 3.8) is 0 Å². The fourth-order valence-corrected chi connectivity index (χ4v) is 2.37. The highest BCUT2D eigenvalue weighted by Crippen LogP contribution is 2.49. The molecule has 0 saturated heterocycles. The second-order valence-corrected chi connectivity index (χ2v) is 4.71. The predicted molar refractivity (Wildman–Crippen MR) is 60.1 cm³/mol. The third-order valence-electron chi connectivity index (χ3n) is 3.23.